The van der Waals surface area contributed by atoms with E-state index in [1.807, 2.05) is 19.9 Å². The molecule has 6 nitrogen and oxygen atoms in total. The molecule has 0 bridgehead atoms. The van der Waals surface area contributed by atoms with Crippen LogP contribution in [0.25, 0.3) is 0 Å². The second-order valence-corrected chi connectivity index (χ2v) is 2.82. The second-order valence-electron chi connectivity index (χ2n) is 2.82. The van der Waals surface area contributed by atoms with Gasteiger partial charge in [0.25, 0.3) is 0 Å². The highest BCUT2D eigenvalue weighted by Gasteiger charge is 2.03. The minimum atomic E-state index is 0.248. The van der Waals surface area contributed by atoms with E-state index in [2.05, 4.69) is 25.3 Å². The van der Waals surface area contributed by atoms with Gasteiger partial charge < -0.3 is 5.73 Å². The number of nitrogens with zero attached hydrogens (tertiary/aromatic N) is 2. The Kier molecular flexibility index (Phi) is 3.35. The van der Waals surface area contributed by atoms with Crippen LogP contribution in [0.2, 0.25) is 0 Å². The van der Waals surface area contributed by atoms with Gasteiger partial charge in [-0.25, -0.2) is 9.83 Å². The van der Waals surface area contributed by atoms with Crippen LogP contribution >= 0.6 is 0 Å². The van der Waals surface area contributed by atoms with Crippen molar-refractivity contribution in [3.63, 3.8) is 0 Å². The first kappa shape index (κ1) is 10.4. The summed E-state index contributed by atoms with van der Waals surface area (Å²) in [5.74, 6) is 0.696. The van der Waals surface area contributed by atoms with Gasteiger partial charge in [-0.05, 0) is 13.8 Å². The molecule has 0 aliphatic heterocycles. The molecule has 14 heavy (non-hydrogen) atoms. The molecule has 0 aliphatic rings. The van der Waals surface area contributed by atoms with E-state index >= 15 is 0 Å². The molecular formula is C8H14N5O+. The molecule has 6 heteroatoms. The maximum atomic E-state index is 5.51. The molecule has 0 aliphatic carbocycles. The molecule has 0 unspecified atom stereocenters. The zero-order chi connectivity index (χ0) is 10.6. The molecule has 1 aromatic heterocycles. The number of nitrogens with one attached hydrogen (secondary N) is 2. The average molecular weight is 196 g/mol. The summed E-state index contributed by atoms with van der Waals surface area (Å²) < 4.78 is 0. The summed E-state index contributed by atoms with van der Waals surface area (Å²) in [6, 6.07) is 1.88. The van der Waals surface area contributed by atoms with Crippen LogP contribution in [-0.4, -0.2) is 23.0 Å². The number of hydroxylamine groups is 1. The first-order valence-electron chi connectivity index (χ1n) is 4.12. The van der Waals surface area contributed by atoms with Crippen molar-refractivity contribution in [2.75, 3.05) is 7.11 Å². The molecule has 1 heterocycles. The molecule has 0 radical (unpaired) electrons. The van der Waals surface area contributed by atoms with E-state index in [1.54, 1.807) is 0 Å². The number of nitrogens with two attached hydrogens (primary N) is 1. The van der Waals surface area contributed by atoms with Gasteiger partial charge in [0.2, 0.25) is 0 Å². The molecule has 1 aromatic rings. The number of guanidine groups is 1. The van der Waals surface area contributed by atoms with Gasteiger partial charge in [-0.2, -0.15) is 5.48 Å². The van der Waals surface area contributed by atoms with E-state index in [4.69, 9.17) is 5.73 Å². The third kappa shape index (κ3) is 2.98. The standard InChI is InChI=1S/C8H13N5O/c1-5-4-6(2)11-8(10-5)12-7(9)13-14-3/h4H,1-3H3,(H3,9,10,11,12,13)/p+1. The van der Waals surface area contributed by atoms with E-state index in [0.717, 1.165) is 11.4 Å². The second kappa shape index (κ2) is 4.52. The highest BCUT2D eigenvalue weighted by Crippen LogP contribution is 1.97. The van der Waals surface area contributed by atoms with Gasteiger partial charge in [0.1, 0.15) is 0 Å². The van der Waals surface area contributed by atoms with E-state index in [-0.39, 0.29) is 5.96 Å². The topological polar surface area (TPSA) is 87.0 Å². The van der Waals surface area contributed by atoms with Crippen molar-refractivity contribution in [2.24, 2.45) is 5.73 Å². The van der Waals surface area contributed by atoms with Gasteiger partial charge in [-0.1, -0.05) is 0 Å². The number of rotatable bonds is 2. The fourth-order valence-electron chi connectivity index (χ4n) is 1.04. The molecule has 76 valence electrons. The van der Waals surface area contributed by atoms with Crippen LogP contribution in [-0.2, 0) is 4.84 Å². The first-order chi connectivity index (χ1) is 6.61. The van der Waals surface area contributed by atoms with Crippen LogP contribution in [0.5, 0.6) is 0 Å². The third-order valence-corrected chi connectivity index (χ3v) is 1.44. The molecule has 0 amide bonds. The summed E-state index contributed by atoms with van der Waals surface area (Å²) in [4.78, 5) is 15.6. The Morgan fingerprint density at radius 1 is 1.43 bits per heavy atom. The van der Waals surface area contributed by atoms with Gasteiger partial charge in [0, 0.05) is 6.07 Å². The summed E-state index contributed by atoms with van der Waals surface area (Å²) in [6.45, 7) is 3.78. The van der Waals surface area contributed by atoms with Crippen molar-refractivity contribution in [1.29, 1.82) is 0 Å². The lowest BCUT2D eigenvalue weighted by atomic mass is 10.4. The average Bonchev–Trinajstić information content (AvgIpc) is 2.01. The Morgan fingerprint density at radius 2 is 2.00 bits per heavy atom. The van der Waals surface area contributed by atoms with Crippen molar-refractivity contribution in [3.05, 3.63) is 17.5 Å². The zero-order valence-corrected chi connectivity index (χ0v) is 8.46. The zero-order valence-electron chi connectivity index (χ0n) is 8.46. The number of aromatic nitrogens is 2. The minimum absolute atomic E-state index is 0.248. The number of aryl methyl sites for hydroxylation is 2. The smallest absolute Gasteiger partial charge is 0.320 e. The van der Waals surface area contributed by atoms with Crippen LogP contribution in [0, 0.1) is 13.8 Å². The normalized spacial score (nSPS) is 11.5. The Balaban J connectivity index is 2.90. The van der Waals surface area contributed by atoms with E-state index < -0.39 is 0 Å². The Bertz CT molecular complexity index is 329. The number of hydrogen-bond donors (Lipinski definition) is 3. The fraction of sp³-hybridized carbons (Fsp3) is 0.375. The molecule has 0 fully saturated rings. The van der Waals surface area contributed by atoms with E-state index in [0.29, 0.717) is 5.95 Å². The van der Waals surface area contributed by atoms with Crippen molar-refractivity contribution < 1.29 is 9.83 Å². The van der Waals surface area contributed by atoms with Crippen molar-refractivity contribution >= 4 is 11.9 Å². The first-order valence-corrected chi connectivity index (χ1v) is 4.12. The summed E-state index contributed by atoms with van der Waals surface area (Å²) in [7, 11) is 1.47. The maximum absolute atomic E-state index is 5.51. The van der Waals surface area contributed by atoms with Crippen molar-refractivity contribution in [3.8, 4) is 0 Å². The van der Waals surface area contributed by atoms with E-state index in [9.17, 15) is 0 Å². The molecule has 0 saturated carbocycles. The van der Waals surface area contributed by atoms with Crippen LogP contribution in [0.3, 0.4) is 0 Å². The molecule has 4 N–H and O–H groups in total. The van der Waals surface area contributed by atoms with Crippen LogP contribution < -0.4 is 16.2 Å². The van der Waals surface area contributed by atoms with Crippen LogP contribution in [0.15, 0.2) is 6.07 Å². The van der Waals surface area contributed by atoms with Crippen molar-refractivity contribution in [1.82, 2.24) is 15.4 Å². The summed E-state index contributed by atoms with van der Waals surface area (Å²) in [5.41, 5.74) is 9.70. The Labute approximate surface area is 82.2 Å². The Hall–Kier alpha value is -1.69. The third-order valence-electron chi connectivity index (χ3n) is 1.44. The number of hydrogen-bond acceptors (Lipinski definition) is 3. The Morgan fingerprint density at radius 3 is 2.50 bits per heavy atom. The highest BCUT2D eigenvalue weighted by molar-refractivity contribution is 5.70. The lowest BCUT2D eigenvalue weighted by Crippen LogP contribution is -2.74. The van der Waals surface area contributed by atoms with Gasteiger partial charge >= 0.3 is 11.9 Å². The van der Waals surface area contributed by atoms with Crippen LogP contribution in [0.4, 0.5) is 5.95 Å². The van der Waals surface area contributed by atoms with Gasteiger partial charge in [0.15, 0.2) is 0 Å². The predicted molar refractivity (Wildman–Crippen MR) is 51.5 cm³/mol. The lowest BCUT2D eigenvalue weighted by molar-refractivity contribution is -0.371. The highest BCUT2D eigenvalue weighted by atomic mass is 16.6. The summed E-state index contributed by atoms with van der Waals surface area (Å²) in [6.07, 6.45) is 0. The SMILES string of the molecule is CONC(N)=[NH+]c1nc(C)cc(C)n1. The largest absolute Gasteiger partial charge is 0.354 e. The van der Waals surface area contributed by atoms with Gasteiger partial charge in [-0.15, -0.1) is 9.97 Å². The maximum Gasteiger partial charge on any atom is 0.354 e. The fourth-order valence-corrected chi connectivity index (χ4v) is 1.04. The lowest BCUT2D eigenvalue weighted by Gasteiger charge is -1.96. The monoisotopic (exact) mass is 196 g/mol. The quantitative estimate of drug-likeness (QED) is 0.297. The molecular weight excluding hydrogens is 182 g/mol. The molecule has 0 spiro atoms. The minimum Gasteiger partial charge on any atom is -0.320 e. The molecule has 0 atom stereocenters. The predicted octanol–water partition coefficient (Wildman–Crippen LogP) is -1.73. The van der Waals surface area contributed by atoms with E-state index in [1.165, 1.54) is 7.11 Å². The van der Waals surface area contributed by atoms with Crippen LogP contribution in [0.1, 0.15) is 11.4 Å². The summed E-state index contributed by atoms with van der Waals surface area (Å²) in [5, 5.41) is 0. The molecule has 0 saturated heterocycles. The van der Waals surface area contributed by atoms with Gasteiger partial charge in [0.05, 0.1) is 18.5 Å². The molecule has 1 rings (SSSR count). The summed E-state index contributed by atoms with van der Waals surface area (Å²) >= 11 is 0. The van der Waals surface area contributed by atoms with Gasteiger partial charge in [-0.3, -0.25) is 0 Å². The molecule has 0 aromatic carbocycles. The van der Waals surface area contributed by atoms with Crippen molar-refractivity contribution in [2.45, 2.75) is 13.8 Å².